The highest BCUT2D eigenvalue weighted by Gasteiger charge is 2.50. The zero-order chi connectivity index (χ0) is 11.8. The van der Waals surface area contributed by atoms with E-state index in [4.69, 9.17) is 4.74 Å². The Labute approximate surface area is 97.4 Å². The first-order valence-corrected chi connectivity index (χ1v) is 5.98. The number of carbonyl (C=O) groups excluding carboxylic acids is 1. The number of hydrogen-bond donors (Lipinski definition) is 0. The van der Waals surface area contributed by atoms with Gasteiger partial charge >= 0.3 is 0 Å². The Hall–Kier alpha value is -1.05. The molecule has 2 nitrogen and oxygen atoms in total. The van der Waals surface area contributed by atoms with Crippen LogP contribution in [0.4, 0.5) is 0 Å². The van der Waals surface area contributed by atoms with E-state index in [1.54, 1.807) is 7.11 Å². The van der Waals surface area contributed by atoms with Crippen molar-refractivity contribution in [3.63, 3.8) is 0 Å². The molecule has 2 aliphatic carbocycles. The Morgan fingerprint density at radius 1 is 1.38 bits per heavy atom. The number of Topliss-reactive ketones (excluding diaryl/α,β-unsaturated/α-hetero) is 1. The quantitative estimate of drug-likeness (QED) is 0.714. The zero-order valence-electron chi connectivity index (χ0n) is 10.4. The molecule has 2 rings (SSSR count). The number of rotatable bonds is 2. The molecule has 0 aromatic heterocycles. The van der Waals surface area contributed by atoms with Crippen LogP contribution in [0.15, 0.2) is 24.0 Å². The molecule has 0 heterocycles. The molecule has 0 saturated heterocycles. The van der Waals surface area contributed by atoms with Gasteiger partial charge in [0.1, 0.15) is 11.5 Å². The van der Waals surface area contributed by atoms with Crippen LogP contribution in [0, 0.1) is 10.8 Å². The standard InChI is InChI=1S/C14H20O2/c1-13(9-6-11(16-3)7-10-13)14(2)8-4-5-12(14)15/h6-7,9H,4-5,8,10H2,1-3H3/t13-,14?/m0/s1. The summed E-state index contributed by atoms with van der Waals surface area (Å²) in [5.41, 5.74) is -0.220. The van der Waals surface area contributed by atoms with Gasteiger partial charge in [-0.05, 0) is 31.4 Å². The van der Waals surface area contributed by atoms with Gasteiger partial charge in [-0.2, -0.15) is 0 Å². The molecule has 0 aliphatic heterocycles. The summed E-state index contributed by atoms with van der Waals surface area (Å²) in [6.45, 7) is 4.31. The van der Waals surface area contributed by atoms with Gasteiger partial charge < -0.3 is 4.74 Å². The van der Waals surface area contributed by atoms with Crippen LogP contribution in [0.25, 0.3) is 0 Å². The van der Waals surface area contributed by atoms with E-state index < -0.39 is 0 Å². The van der Waals surface area contributed by atoms with Gasteiger partial charge in [0.2, 0.25) is 0 Å². The Bertz CT molecular complexity index is 367. The lowest BCUT2D eigenvalue weighted by Gasteiger charge is -2.42. The third-order valence-electron chi connectivity index (χ3n) is 4.53. The van der Waals surface area contributed by atoms with Crippen molar-refractivity contribution in [2.45, 2.75) is 39.5 Å². The van der Waals surface area contributed by atoms with Crippen LogP contribution in [0.5, 0.6) is 0 Å². The van der Waals surface area contributed by atoms with Crippen LogP contribution in [0.3, 0.4) is 0 Å². The highest BCUT2D eigenvalue weighted by molar-refractivity contribution is 5.87. The topological polar surface area (TPSA) is 26.3 Å². The van der Waals surface area contributed by atoms with Crippen molar-refractivity contribution in [2.75, 3.05) is 7.11 Å². The molecular weight excluding hydrogens is 200 g/mol. The van der Waals surface area contributed by atoms with E-state index in [1.807, 2.05) is 6.08 Å². The molecule has 0 aromatic carbocycles. The summed E-state index contributed by atoms with van der Waals surface area (Å²) in [6, 6.07) is 0. The number of ether oxygens (including phenoxy) is 1. The summed E-state index contributed by atoms with van der Waals surface area (Å²) < 4.78 is 5.20. The molecule has 0 radical (unpaired) electrons. The molecule has 0 amide bonds. The zero-order valence-corrected chi connectivity index (χ0v) is 10.4. The van der Waals surface area contributed by atoms with E-state index in [0.29, 0.717) is 5.78 Å². The lowest BCUT2D eigenvalue weighted by molar-refractivity contribution is -0.129. The molecule has 0 N–H and O–H groups in total. The van der Waals surface area contributed by atoms with Gasteiger partial charge in [0.25, 0.3) is 0 Å². The maximum Gasteiger partial charge on any atom is 0.139 e. The largest absolute Gasteiger partial charge is 0.497 e. The first-order chi connectivity index (χ1) is 7.52. The molecule has 1 unspecified atom stereocenters. The minimum Gasteiger partial charge on any atom is -0.497 e. The second-order valence-electron chi connectivity index (χ2n) is 5.37. The Balaban J connectivity index is 2.25. The van der Waals surface area contributed by atoms with Gasteiger partial charge in [0.05, 0.1) is 7.11 Å². The molecule has 1 saturated carbocycles. The molecule has 2 aliphatic rings. The number of carbonyl (C=O) groups is 1. The van der Waals surface area contributed by atoms with Crippen LogP contribution in [-0.4, -0.2) is 12.9 Å². The van der Waals surface area contributed by atoms with E-state index in [2.05, 4.69) is 26.0 Å². The van der Waals surface area contributed by atoms with Crippen molar-refractivity contribution in [3.8, 4) is 0 Å². The minimum absolute atomic E-state index is 0.0391. The van der Waals surface area contributed by atoms with Gasteiger partial charge in [-0.25, -0.2) is 0 Å². The fraction of sp³-hybridized carbons (Fsp3) is 0.643. The van der Waals surface area contributed by atoms with Gasteiger partial charge in [-0.15, -0.1) is 0 Å². The fourth-order valence-electron chi connectivity index (χ4n) is 2.90. The van der Waals surface area contributed by atoms with Gasteiger partial charge in [0, 0.05) is 17.3 Å². The normalized spacial score (nSPS) is 38.7. The van der Waals surface area contributed by atoms with E-state index in [-0.39, 0.29) is 10.8 Å². The smallest absolute Gasteiger partial charge is 0.139 e. The van der Waals surface area contributed by atoms with Crippen LogP contribution < -0.4 is 0 Å². The molecule has 2 atom stereocenters. The second kappa shape index (κ2) is 3.76. The van der Waals surface area contributed by atoms with Crippen LogP contribution in [-0.2, 0) is 9.53 Å². The first kappa shape index (κ1) is 11.4. The summed E-state index contributed by atoms with van der Waals surface area (Å²) in [7, 11) is 1.68. The molecule has 0 bridgehead atoms. The highest BCUT2D eigenvalue weighted by Crippen LogP contribution is 2.53. The summed E-state index contributed by atoms with van der Waals surface area (Å²) in [4.78, 5) is 12.1. The Morgan fingerprint density at radius 3 is 2.56 bits per heavy atom. The summed E-state index contributed by atoms with van der Waals surface area (Å²) in [6.07, 6.45) is 9.96. The monoisotopic (exact) mass is 220 g/mol. The Kier molecular flexibility index (Phi) is 2.69. The first-order valence-electron chi connectivity index (χ1n) is 5.98. The highest BCUT2D eigenvalue weighted by atomic mass is 16.5. The molecule has 16 heavy (non-hydrogen) atoms. The molecule has 0 spiro atoms. The third kappa shape index (κ3) is 1.51. The summed E-state index contributed by atoms with van der Waals surface area (Å²) in [5.74, 6) is 1.33. The van der Waals surface area contributed by atoms with E-state index in [0.717, 1.165) is 31.4 Å². The predicted octanol–water partition coefficient (Wildman–Crippen LogP) is 3.24. The number of allylic oxidation sites excluding steroid dienone is 3. The molecular formula is C14H20O2. The SMILES string of the molecule is COC1=CC[C@@](C)(C2(C)CCCC2=O)C=C1. The summed E-state index contributed by atoms with van der Waals surface area (Å²) >= 11 is 0. The van der Waals surface area contributed by atoms with E-state index in [9.17, 15) is 4.79 Å². The number of methoxy groups -OCH3 is 1. The van der Waals surface area contributed by atoms with Crippen molar-refractivity contribution < 1.29 is 9.53 Å². The average Bonchev–Trinajstić information content (AvgIpc) is 2.62. The van der Waals surface area contributed by atoms with Crippen molar-refractivity contribution in [2.24, 2.45) is 10.8 Å². The van der Waals surface area contributed by atoms with Crippen molar-refractivity contribution in [1.29, 1.82) is 0 Å². The van der Waals surface area contributed by atoms with Gasteiger partial charge in [0.15, 0.2) is 0 Å². The van der Waals surface area contributed by atoms with Gasteiger partial charge in [-0.3, -0.25) is 4.79 Å². The van der Waals surface area contributed by atoms with Crippen LogP contribution >= 0.6 is 0 Å². The molecule has 2 heteroatoms. The fourth-order valence-corrected chi connectivity index (χ4v) is 2.90. The van der Waals surface area contributed by atoms with Crippen molar-refractivity contribution >= 4 is 5.78 Å². The maximum absolute atomic E-state index is 12.1. The Morgan fingerprint density at radius 2 is 2.12 bits per heavy atom. The molecule has 0 aromatic rings. The maximum atomic E-state index is 12.1. The lowest BCUT2D eigenvalue weighted by Crippen LogP contribution is -2.40. The average molecular weight is 220 g/mol. The third-order valence-corrected chi connectivity index (χ3v) is 4.53. The second-order valence-corrected chi connectivity index (χ2v) is 5.37. The van der Waals surface area contributed by atoms with Crippen LogP contribution in [0.1, 0.15) is 39.5 Å². The number of hydrogen-bond acceptors (Lipinski definition) is 2. The number of ketones is 1. The lowest BCUT2D eigenvalue weighted by atomic mass is 9.61. The van der Waals surface area contributed by atoms with E-state index in [1.165, 1.54) is 0 Å². The van der Waals surface area contributed by atoms with Crippen molar-refractivity contribution in [3.05, 3.63) is 24.0 Å². The van der Waals surface area contributed by atoms with E-state index >= 15 is 0 Å². The predicted molar refractivity (Wildman–Crippen MR) is 63.9 cm³/mol. The van der Waals surface area contributed by atoms with Gasteiger partial charge in [-0.1, -0.05) is 19.9 Å². The molecule has 1 fully saturated rings. The minimum atomic E-state index is -0.181. The van der Waals surface area contributed by atoms with Crippen LogP contribution in [0.2, 0.25) is 0 Å². The summed E-state index contributed by atoms with van der Waals surface area (Å²) in [5, 5.41) is 0. The molecule has 88 valence electrons. The van der Waals surface area contributed by atoms with Crippen molar-refractivity contribution in [1.82, 2.24) is 0 Å².